The van der Waals surface area contributed by atoms with Gasteiger partial charge >= 0.3 is 134 Å². The Bertz CT molecular complexity index is 859. The van der Waals surface area contributed by atoms with Gasteiger partial charge in [-0.3, -0.25) is 14.1 Å². The fourth-order valence-electron chi connectivity index (χ4n) is 3.05. The number of benzene rings is 2. The minimum Gasteiger partial charge on any atom is -0.481 e. The molecular weight excluding hydrogens is 407 g/mol. The predicted octanol–water partition coefficient (Wildman–Crippen LogP) is 2.70. The first-order chi connectivity index (χ1) is 13.5. The number of hydrogen-bond donors (Lipinski definition) is 3. The molecular formula is C20H23NaO7S. The van der Waals surface area contributed by atoms with Crippen LogP contribution in [0.5, 0.6) is 0 Å². The van der Waals surface area contributed by atoms with Gasteiger partial charge in [0.25, 0.3) is 10.1 Å². The van der Waals surface area contributed by atoms with Gasteiger partial charge in [0.15, 0.2) is 5.25 Å². The van der Waals surface area contributed by atoms with Crippen molar-refractivity contribution in [3.05, 3.63) is 71.8 Å². The van der Waals surface area contributed by atoms with Gasteiger partial charge in [-0.25, -0.2) is 0 Å². The van der Waals surface area contributed by atoms with Gasteiger partial charge in [-0.1, -0.05) is 0 Å². The summed E-state index contributed by atoms with van der Waals surface area (Å²) >= 11 is 1.15. The van der Waals surface area contributed by atoms with E-state index in [1.807, 2.05) is 0 Å². The summed E-state index contributed by atoms with van der Waals surface area (Å²) in [7, 11) is -4.84. The maximum atomic E-state index is 10.2. The molecule has 0 aliphatic heterocycles. The van der Waals surface area contributed by atoms with Crippen molar-refractivity contribution < 1.29 is 32.8 Å². The van der Waals surface area contributed by atoms with Gasteiger partial charge in [0.05, 0.1) is 6.42 Å². The van der Waals surface area contributed by atoms with Crippen molar-refractivity contribution in [2.75, 3.05) is 0 Å². The summed E-state index contributed by atoms with van der Waals surface area (Å²) in [6.45, 7) is 2.28. The number of rotatable bonds is 8. The Labute approximate surface area is 187 Å². The van der Waals surface area contributed by atoms with Crippen molar-refractivity contribution >= 4 is 50.0 Å². The minimum atomic E-state index is -4.84. The molecule has 1 unspecified atom stereocenters. The van der Waals surface area contributed by atoms with Gasteiger partial charge in [0, 0.05) is 0 Å². The zero-order chi connectivity index (χ0) is 22.1. The van der Waals surface area contributed by atoms with Gasteiger partial charge in [0.1, 0.15) is 0 Å². The molecule has 0 fully saturated rings. The molecule has 3 N–H and O–H groups in total. The second kappa shape index (κ2) is 11.5. The molecule has 0 aromatic heterocycles. The third-order valence-electron chi connectivity index (χ3n) is 4.57. The molecule has 0 saturated carbocycles. The molecule has 0 amide bonds. The molecule has 0 spiro atoms. The first-order valence-corrected chi connectivity index (χ1v) is 11.5. The average molecular weight is 430 g/mol. The molecule has 9 heteroatoms. The third kappa shape index (κ3) is 7.91. The van der Waals surface area contributed by atoms with Crippen LogP contribution >= 0.6 is 0 Å². The molecule has 29 heavy (non-hydrogen) atoms. The zero-order valence-corrected chi connectivity index (χ0v) is 19.2. The van der Waals surface area contributed by atoms with E-state index in [1.54, 1.807) is 0 Å². The largest absolute Gasteiger partial charge is 0.481 e. The molecule has 2 aromatic rings. The molecule has 7 nitrogen and oxygen atoms in total. The van der Waals surface area contributed by atoms with Crippen molar-refractivity contribution in [3.8, 4) is 0 Å². The molecule has 0 aliphatic rings. The topological polar surface area (TPSA) is 129 Å². The normalized spacial score (nSPS) is 12.4. The van der Waals surface area contributed by atoms with Crippen LogP contribution in [0.1, 0.15) is 37.3 Å². The smallest absolute Gasteiger partial charge is 0.325 e. The molecule has 2 rings (SSSR count). The summed E-state index contributed by atoms with van der Waals surface area (Å²) in [5.74, 6) is -3.50. The molecule has 0 bridgehead atoms. The van der Waals surface area contributed by atoms with Crippen LogP contribution in [0.3, 0.4) is 0 Å². The standard InChI is InChI=1S/C16H17.C4H6O7S.Na/c1-2-9-16(14-10-5-3-6-11-14)15-12-7-4-8-13-15;5-3(6)1-2(4(7)8)12(9,10)11;/h3-8,10-13H,2,9H2,1H3;2H,1H2,(H,5,6)(H,7,8)(H,9,10,11);. The molecule has 0 heterocycles. The van der Waals surface area contributed by atoms with Crippen LogP contribution in [-0.2, 0) is 22.4 Å². The van der Waals surface area contributed by atoms with Crippen molar-refractivity contribution in [3.63, 3.8) is 0 Å². The van der Waals surface area contributed by atoms with Gasteiger partial charge in [-0.2, -0.15) is 8.42 Å². The van der Waals surface area contributed by atoms with E-state index in [1.165, 1.54) is 24.0 Å². The van der Waals surface area contributed by atoms with Crippen molar-refractivity contribution in [1.82, 2.24) is 0 Å². The summed E-state index contributed by atoms with van der Waals surface area (Å²) in [6, 6.07) is 21.9. The van der Waals surface area contributed by atoms with Gasteiger partial charge in [-0.05, 0) is 0 Å². The van der Waals surface area contributed by atoms with E-state index >= 15 is 0 Å². The second-order valence-corrected chi connectivity index (χ2v) is 10.1. The van der Waals surface area contributed by atoms with E-state index in [2.05, 4.69) is 67.6 Å². The molecule has 2 aromatic carbocycles. The van der Waals surface area contributed by atoms with E-state index in [-0.39, 0.29) is 2.66 Å². The number of carboxylic acid groups (broad SMARTS) is 2. The van der Waals surface area contributed by atoms with E-state index < -0.39 is 33.7 Å². The fraction of sp³-hybridized carbons (Fsp3) is 0.300. The first kappa shape index (κ1) is 25.3. The maximum absolute atomic E-state index is 10.2. The van der Waals surface area contributed by atoms with Crippen LogP contribution in [0.25, 0.3) is 0 Å². The van der Waals surface area contributed by atoms with Crippen LogP contribution in [0.4, 0.5) is 0 Å². The SMILES string of the molecule is CCC[C]([Na])(c1ccccc1)c1ccccc1.O=C(O)CC(C(=O)O)S(=O)(=O)O. The predicted molar refractivity (Wildman–Crippen MR) is 110 cm³/mol. The quantitative estimate of drug-likeness (QED) is 0.434. The Morgan fingerprint density at radius 1 is 0.966 bits per heavy atom. The number of aliphatic carboxylic acids is 2. The number of carboxylic acids is 2. The van der Waals surface area contributed by atoms with E-state index in [0.29, 0.717) is 0 Å². The van der Waals surface area contributed by atoms with E-state index in [4.69, 9.17) is 14.8 Å². The molecule has 0 saturated heterocycles. The molecule has 0 aliphatic carbocycles. The van der Waals surface area contributed by atoms with Crippen molar-refractivity contribution in [2.24, 2.45) is 0 Å². The van der Waals surface area contributed by atoms with Gasteiger partial charge in [0.2, 0.25) is 0 Å². The first-order valence-electron chi connectivity index (χ1n) is 9.04. The van der Waals surface area contributed by atoms with Crippen LogP contribution in [0, 0.1) is 0 Å². The summed E-state index contributed by atoms with van der Waals surface area (Å²) in [5, 5.41) is 13.9. The van der Waals surface area contributed by atoms with Crippen LogP contribution in [0.15, 0.2) is 60.7 Å². The molecule has 1 atom stereocenters. The van der Waals surface area contributed by atoms with Crippen molar-refractivity contribution in [1.29, 1.82) is 0 Å². The molecule has 0 radical (unpaired) electrons. The summed E-state index contributed by atoms with van der Waals surface area (Å²) in [6.07, 6.45) is 1.31. The number of carbonyl (C=O) groups is 2. The summed E-state index contributed by atoms with van der Waals surface area (Å²) in [5.41, 5.74) is 2.94. The summed E-state index contributed by atoms with van der Waals surface area (Å²) < 4.78 is 28.9. The van der Waals surface area contributed by atoms with E-state index in [9.17, 15) is 18.0 Å². The van der Waals surface area contributed by atoms with Crippen molar-refractivity contribution in [2.45, 2.75) is 34.1 Å². The van der Waals surface area contributed by atoms with E-state index in [0.717, 1.165) is 27.9 Å². The number of hydrogen-bond acceptors (Lipinski definition) is 4. The Hall–Kier alpha value is -1.71. The fourth-order valence-corrected chi connectivity index (χ4v) is 4.82. The monoisotopic (exact) mass is 430 g/mol. The summed E-state index contributed by atoms with van der Waals surface area (Å²) in [4.78, 5) is 20.0. The Kier molecular flexibility index (Phi) is 10.0. The van der Waals surface area contributed by atoms with Crippen LogP contribution in [-0.4, -0.2) is 68.3 Å². The maximum Gasteiger partial charge on any atom is 0.325 e. The zero-order valence-electron chi connectivity index (χ0n) is 16.4. The third-order valence-corrected chi connectivity index (χ3v) is 7.31. The average Bonchev–Trinajstić information content (AvgIpc) is 2.67. The second-order valence-electron chi connectivity index (χ2n) is 6.75. The molecule has 152 valence electrons. The van der Waals surface area contributed by atoms with Gasteiger partial charge in [-0.15, -0.1) is 0 Å². The minimum absolute atomic E-state index is 0.275. The Balaban J connectivity index is 0.000000311. The Morgan fingerprint density at radius 2 is 1.38 bits per heavy atom. The van der Waals surface area contributed by atoms with Crippen LogP contribution in [0.2, 0.25) is 0 Å². The Morgan fingerprint density at radius 3 is 1.62 bits per heavy atom. The van der Waals surface area contributed by atoms with Crippen LogP contribution < -0.4 is 0 Å². The van der Waals surface area contributed by atoms with Gasteiger partial charge < -0.3 is 10.2 Å².